The number of hydrogen-bond donors (Lipinski definition) is 0. The minimum atomic E-state index is -0.613. The highest BCUT2D eigenvalue weighted by Gasteiger charge is 2.12. The van der Waals surface area contributed by atoms with Crippen molar-refractivity contribution in [3.05, 3.63) is 50.0 Å². The van der Waals surface area contributed by atoms with Crippen LogP contribution in [0.3, 0.4) is 0 Å². The predicted molar refractivity (Wildman–Crippen MR) is 92.2 cm³/mol. The number of esters is 1. The van der Waals surface area contributed by atoms with Crippen LogP contribution < -0.4 is 0 Å². The summed E-state index contributed by atoms with van der Waals surface area (Å²) in [6.45, 7) is 0.102. The third-order valence-electron chi connectivity index (χ3n) is 2.76. The zero-order chi connectivity index (χ0) is 16.8. The van der Waals surface area contributed by atoms with Gasteiger partial charge < -0.3 is 14.1 Å². The first kappa shape index (κ1) is 17.8. The van der Waals surface area contributed by atoms with E-state index < -0.39 is 5.97 Å². The average molecular weight is 419 g/mol. The highest BCUT2D eigenvalue weighted by molar-refractivity contribution is 9.10. The SMILES string of the molecule is CN(Cc1ccc(Cl)s1)C(=O)COC(=O)/C=C/c1ccc(Br)o1. The molecule has 0 radical (unpaired) electrons. The van der Waals surface area contributed by atoms with Crippen LogP contribution in [-0.2, 0) is 20.9 Å². The maximum atomic E-state index is 11.9. The number of nitrogens with zero attached hydrogens (tertiary/aromatic N) is 1. The Morgan fingerprint density at radius 2 is 2.17 bits per heavy atom. The highest BCUT2D eigenvalue weighted by atomic mass is 79.9. The molecular formula is C15H13BrClNO4S. The van der Waals surface area contributed by atoms with E-state index in [9.17, 15) is 9.59 Å². The molecule has 23 heavy (non-hydrogen) atoms. The van der Waals surface area contributed by atoms with Crippen LogP contribution in [0.25, 0.3) is 6.08 Å². The van der Waals surface area contributed by atoms with E-state index in [1.165, 1.54) is 28.4 Å². The zero-order valence-electron chi connectivity index (χ0n) is 12.1. The van der Waals surface area contributed by atoms with Gasteiger partial charge in [-0.3, -0.25) is 4.79 Å². The Labute approximate surface area is 150 Å². The molecule has 0 spiro atoms. The molecule has 0 aromatic carbocycles. The van der Waals surface area contributed by atoms with E-state index in [0.717, 1.165) is 4.88 Å². The molecule has 0 unspecified atom stereocenters. The van der Waals surface area contributed by atoms with Crippen molar-refractivity contribution in [3.8, 4) is 0 Å². The lowest BCUT2D eigenvalue weighted by molar-refractivity contribution is -0.147. The fraction of sp³-hybridized carbons (Fsp3) is 0.200. The molecule has 0 atom stereocenters. The quantitative estimate of drug-likeness (QED) is 0.526. The fourth-order valence-corrected chi connectivity index (χ4v) is 3.08. The number of amides is 1. The molecule has 2 aromatic rings. The Hall–Kier alpha value is -1.57. The Morgan fingerprint density at radius 3 is 2.78 bits per heavy atom. The molecule has 0 aliphatic carbocycles. The highest BCUT2D eigenvalue weighted by Crippen LogP contribution is 2.22. The van der Waals surface area contributed by atoms with Crippen LogP contribution in [0.5, 0.6) is 0 Å². The summed E-state index contributed by atoms with van der Waals surface area (Å²) in [7, 11) is 1.64. The second kappa shape index (κ2) is 8.33. The van der Waals surface area contributed by atoms with Crippen molar-refractivity contribution in [2.24, 2.45) is 0 Å². The summed E-state index contributed by atoms with van der Waals surface area (Å²) in [6, 6.07) is 7.03. The maximum absolute atomic E-state index is 11.9. The Morgan fingerprint density at radius 1 is 1.39 bits per heavy atom. The van der Waals surface area contributed by atoms with Gasteiger partial charge in [0.15, 0.2) is 11.3 Å². The zero-order valence-corrected chi connectivity index (χ0v) is 15.3. The average Bonchev–Trinajstić information content (AvgIpc) is 3.11. The van der Waals surface area contributed by atoms with Crippen LogP contribution in [0.15, 0.2) is 39.4 Å². The number of furan rings is 1. The van der Waals surface area contributed by atoms with Gasteiger partial charge in [0, 0.05) is 18.0 Å². The second-order valence-corrected chi connectivity index (χ2v) is 7.12. The molecule has 0 fully saturated rings. The van der Waals surface area contributed by atoms with E-state index in [1.54, 1.807) is 25.2 Å². The summed E-state index contributed by atoms with van der Waals surface area (Å²) in [4.78, 5) is 25.9. The third kappa shape index (κ3) is 5.85. The standard InChI is InChI=1S/C15H13BrClNO4S/c1-18(8-11-4-6-13(17)23-11)14(19)9-21-15(20)7-3-10-2-5-12(16)22-10/h2-7H,8-9H2,1H3/b7-3+. The molecule has 8 heteroatoms. The minimum absolute atomic E-state index is 0.294. The molecule has 2 rings (SSSR count). The smallest absolute Gasteiger partial charge is 0.331 e. The van der Waals surface area contributed by atoms with Crippen molar-refractivity contribution in [2.45, 2.75) is 6.54 Å². The first-order valence-corrected chi connectivity index (χ1v) is 8.51. The predicted octanol–water partition coefficient (Wildman–Crippen LogP) is 3.97. The van der Waals surface area contributed by atoms with Gasteiger partial charge in [0.05, 0.1) is 10.9 Å². The topological polar surface area (TPSA) is 59.8 Å². The summed E-state index contributed by atoms with van der Waals surface area (Å²) in [6.07, 6.45) is 2.67. The van der Waals surface area contributed by atoms with Gasteiger partial charge in [-0.15, -0.1) is 11.3 Å². The number of thiophene rings is 1. The number of halogens is 2. The molecular weight excluding hydrogens is 406 g/mol. The van der Waals surface area contributed by atoms with Crippen LogP contribution >= 0.6 is 38.9 Å². The summed E-state index contributed by atoms with van der Waals surface area (Å²) in [5, 5.41) is 0. The first-order chi connectivity index (χ1) is 10.9. The van der Waals surface area contributed by atoms with Crippen molar-refractivity contribution in [1.82, 2.24) is 4.90 Å². The Bertz CT molecular complexity index is 725. The third-order valence-corrected chi connectivity index (χ3v) is 4.41. The molecule has 0 aliphatic rings. The Balaban J connectivity index is 1.76. The number of carbonyl (C=O) groups excluding carboxylic acids is 2. The fourth-order valence-electron chi connectivity index (χ4n) is 1.62. The van der Waals surface area contributed by atoms with Gasteiger partial charge in [0.2, 0.25) is 0 Å². The van der Waals surface area contributed by atoms with Crippen LogP contribution in [0.4, 0.5) is 0 Å². The molecule has 0 aliphatic heterocycles. The van der Waals surface area contributed by atoms with Crippen molar-refractivity contribution >= 4 is 56.8 Å². The van der Waals surface area contributed by atoms with Gasteiger partial charge in [-0.1, -0.05) is 11.6 Å². The second-order valence-electron chi connectivity index (χ2n) is 4.54. The lowest BCUT2D eigenvalue weighted by Gasteiger charge is -2.15. The van der Waals surface area contributed by atoms with E-state index in [0.29, 0.717) is 21.3 Å². The molecule has 0 bridgehead atoms. The first-order valence-electron chi connectivity index (χ1n) is 6.52. The normalized spacial score (nSPS) is 10.9. The van der Waals surface area contributed by atoms with Gasteiger partial charge >= 0.3 is 5.97 Å². The monoisotopic (exact) mass is 417 g/mol. The van der Waals surface area contributed by atoms with Crippen molar-refractivity contribution in [1.29, 1.82) is 0 Å². The van der Waals surface area contributed by atoms with Crippen molar-refractivity contribution in [3.63, 3.8) is 0 Å². The van der Waals surface area contributed by atoms with E-state index in [1.807, 2.05) is 6.07 Å². The maximum Gasteiger partial charge on any atom is 0.331 e. The summed E-state index contributed by atoms with van der Waals surface area (Å²) >= 11 is 10.4. The van der Waals surface area contributed by atoms with Gasteiger partial charge in [-0.25, -0.2) is 4.79 Å². The van der Waals surface area contributed by atoms with Crippen molar-refractivity contribution in [2.75, 3.05) is 13.7 Å². The molecule has 5 nitrogen and oxygen atoms in total. The van der Waals surface area contributed by atoms with E-state index in [-0.39, 0.29) is 12.5 Å². The van der Waals surface area contributed by atoms with E-state index in [4.69, 9.17) is 20.8 Å². The van der Waals surface area contributed by atoms with Gasteiger partial charge in [0.25, 0.3) is 5.91 Å². The summed E-state index contributed by atoms with van der Waals surface area (Å²) in [5.74, 6) is -0.401. The molecule has 1 amide bonds. The number of hydrogen-bond acceptors (Lipinski definition) is 5. The van der Waals surface area contributed by atoms with Crippen LogP contribution in [0.2, 0.25) is 4.34 Å². The summed E-state index contributed by atoms with van der Waals surface area (Å²) in [5.41, 5.74) is 0. The Kier molecular flexibility index (Phi) is 6.44. The largest absolute Gasteiger partial charge is 0.452 e. The number of carbonyl (C=O) groups is 2. The molecule has 122 valence electrons. The number of likely N-dealkylation sites (N-methyl/N-ethyl adjacent to an activating group) is 1. The summed E-state index contributed by atoms with van der Waals surface area (Å²) < 4.78 is 11.3. The van der Waals surface area contributed by atoms with Crippen LogP contribution in [-0.4, -0.2) is 30.4 Å². The lowest BCUT2D eigenvalue weighted by atomic mass is 10.4. The lowest BCUT2D eigenvalue weighted by Crippen LogP contribution is -2.30. The molecule has 2 aromatic heterocycles. The van der Waals surface area contributed by atoms with Gasteiger partial charge in [-0.2, -0.15) is 0 Å². The van der Waals surface area contributed by atoms with Crippen molar-refractivity contribution < 1.29 is 18.7 Å². The van der Waals surface area contributed by atoms with Crippen LogP contribution in [0.1, 0.15) is 10.6 Å². The molecule has 0 N–H and O–H groups in total. The van der Waals surface area contributed by atoms with E-state index in [2.05, 4.69) is 15.9 Å². The molecule has 0 saturated carbocycles. The molecule has 0 saturated heterocycles. The van der Waals surface area contributed by atoms with Crippen LogP contribution in [0, 0.1) is 0 Å². The van der Waals surface area contributed by atoms with Gasteiger partial charge in [-0.05, 0) is 46.3 Å². The molecule has 2 heterocycles. The minimum Gasteiger partial charge on any atom is -0.452 e. The van der Waals surface area contributed by atoms with Gasteiger partial charge in [0.1, 0.15) is 5.76 Å². The number of ether oxygens (including phenoxy) is 1. The van der Waals surface area contributed by atoms with E-state index >= 15 is 0 Å². The number of rotatable bonds is 6.